The summed E-state index contributed by atoms with van der Waals surface area (Å²) in [5.74, 6) is -0.431. The number of hydrogen-bond acceptors (Lipinski definition) is 7. The second-order valence-electron chi connectivity index (χ2n) is 7.84. The first-order chi connectivity index (χ1) is 14.4. The minimum absolute atomic E-state index is 0.0128. The molecular weight excluding hydrogens is 410 g/mol. The Morgan fingerprint density at radius 3 is 2.67 bits per heavy atom. The fraction of sp³-hybridized carbons (Fsp3) is 0.550. The first-order valence-corrected chi connectivity index (χ1v) is 12.0. The number of amides is 1. The maximum absolute atomic E-state index is 12.9. The topological polar surface area (TPSA) is 112 Å². The van der Waals surface area contributed by atoms with E-state index >= 15 is 0 Å². The van der Waals surface area contributed by atoms with E-state index in [0.29, 0.717) is 18.7 Å². The van der Waals surface area contributed by atoms with Crippen molar-refractivity contribution in [3.05, 3.63) is 42.1 Å². The van der Waals surface area contributed by atoms with Gasteiger partial charge in [0.2, 0.25) is 5.76 Å². The van der Waals surface area contributed by atoms with Crippen molar-refractivity contribution in [3.63, 3.8) is 0 Å². The van der Waals surface area contributed by atoms with Gasteiger partial charge in [-0.25, -0.2) is 13.2 Å². The Labute approximate surface area is 174 Å². The smallest absolute Gasteiger partial charge is 0.374 e. The molecule has 0 N–H and O–H groups in total. The summed E-state index contributed by atoms with van der Waals surface area (Å²) in [5.41, 5.74) is 0. The third-order valence-electron chi connectivity index (χ3n) is 5.67. The van der Waals surface area contributed by atoms with Crippen LogP contribution in [0.15, 0.2) is 35.0 Å². The number of carbonyl (C=O) groups excluding carboxylic acids is 2. The van der Waals surface area contributed by atoms with Crippen LogP contribution in [0.2, 0.25) is 0 Å². The minimum Gasteiger partial charge on any atom is -0.452 e. The number of nitrogens with zero attached hydrogens (tertiary/aromatic N) is 3. The molecule has 2 fully saturated rings. The molecule has 1 aliphatic carbocycles. The SMILES string of the molecule is O=C(OCC(=O)N(C1CCCC1)C1CCS(=O)(=O)C1)c1ccc(Cn2cccn2)o1. The van der Waals surface area contributed by atoms with Crippen LogP contribution >= 0.6 is 0 Å². The zero-order chi connectivity index (χ0) is 21.1. The number of furan rings is 1. The molecule has 4 rings (SSSR count). The van der Waals surface area contributed by atoms with Gasteiger partial charge in [0.1, 0.15) is 5.76 Å². The molecule has 2 aromatic rings. The molecule has 2 aliphatic rings. The van der Waals surface area contributed by atoms with Gasteiger partial charge in [-0.05, 0) is 37.5 Å². The van der Waals surface area contributed by atoms with E-state index in [2.05, 4.69) is 5.10 Å². The standard InChI is InChI=1S/C20H25N3O6S/c24-19(23(15-4-1-2-5-15)16-8-11-30(26,27)14-16)13-28-20(25)18-7-6-17(29-18)12-22-10-3-9-21-22/h3,6-7,9-10,15-16H,1-2,4-5,8,11-14H2. The van der Waals surface area contributed by atoms with E-state index in [0.717, 1.165) is 25.7 Å². The molecule has 0 spiro atoms. The fourth-order valence-electron chi connectivity index (χ4n) is 4.28. The van der Waals surface area contributed by atoms with Crippen LogP contribution in [0.5, 0.6) is 0 Å². The van der Waals surface area contributed by atoms with Crippen molar-refractivity contribution in [1.82, 2.24) is 14.7 Å². The molecule has 1 saturated heterocycles. The lowest BCUT2D eigenvalue weighted by molar-refractivity contribution is -0.139. The Morgan fingerprint density at radius 1 is 1.20 bits per heavy atom. The van der Waals surface area contributed by atoms with Crippen molar-refractivity contribution >= 4 is 21.7 Å². The van der Waals surface area contributed by atoms with Gasteiger partial charge in [-0.3, -0.25) is 9.48 Å². The first kappa shape index (κ1) is 20.6. The molecule has 0 radical (unpaired) electrons. The molecule has 1 amide bonds. The highest BCUT2D eigenvalue weighted by Gasteiger charge is 2.39. The van der Waals surface area contributed by atoms with E-state index in [1.165, 1.54) is 6.07 Å². The zero-order valence-corrected chi connectivity index (χ0v) is 17.4. The molecule has 30 heavy (non-hydrogen) atoms. The highest BCUT2D eigenvalue weighted by molar-refractivity contribution is 7.91. The minimum atomic E-state index is -3.12. The quantitative estimate of drug-likeness (QED) is 0.608. The van der Waals surface area contributed by atoms with E-state index in [1.54, 1.807) is 34.1 Å². The summed E-state index contributed by atoms with van der Waals surface area (Å²) in [6, 6.07) is 4.63. The van der Waals surface area contributed by atoms with E-state index in [-0.39, 0.29) is 35.3 Å². The third-order valence-corrected chi connectivity index (χ3v) is 7.42. The van der Waals surface area contributed by atoms with Crippen LogP contribution < -0.4 is 0 Å². The Morgan fingerprint density at radius 2 is 2.00 bits per heavy atom. The van der Waals surface area contributed by atoms with Crippen LogP contribution in [0, 0.1) is 0 Å². The number of sulfone groups is 1. The number of hydrogen-bond donors (Lipinski definition) is 0. The zero-order valence-electron chi connectivity index (χ0n) is 16.6. The van der Waals surface area contributed by atoms with Gasteiger partial charge in [0.15, 0.2) is 16.4 Å². The first-order valence-electron chi connectivity index (χ1n) is 10.2. The van der Waals surface area contributed by atoms with Crippen molar-refractivity contribution in [3.8, 4) is 0 Å². The van der Waals surface area contributed by atoms with Gasteiger partial charge >= 0.3 is 5.97 Å². The molecule has 1 unspecified atom stereocenters. The normalized spacial score (nSPS) is 21.0. The summed E-state index contributed by atoms with van der Waals surface area (Å²) in [5, 5.41) is 4.08. The average molecular weight is 436 g/mol. The van der Waals surface area contributed by atoms with Crippen LogP contribution in [0.3, 0.4) is 0 Å². The monoisotopic (exact) mass is 435 g/mol. The van der Waals surface area contributed by atoms with Crippen molar-refractivity contribution < 1.29 is 27.2 Å². The van der Waals surface area contributed by atoms with Crippen LogP contribution in [0.25, 0.3) is 0 Å². The lowest BCUT2D eigenvalue weighted by Crippen LogP contribution is -2.48. The van der Waals surface area contributed by atoms with Gasteiger partial charge < -0.3 is 14.1 Å². The molecule has 2 aromatic heterocycles. The molecule has 1 aliphatic heterocycles. The molecule has 1 atom stereocenters. The maximum Gasteiger partial charge on any atom is 0.374 e. The molecule has 9 nitrogen and oxygen atoms in total. The Kier molecular flexibility index (Phi) is 5.94. The second-order valence-corrected chi connectivity index (χ2v) is 10.1. The van der Waals surface area contributed by atoms with E-state index < -0.39 is 22.4 Å². The molecular formula is C20H25N3O6S. The lowest BCUT2D eigenvalue weighted by Gasteiger charge is -2.33. The third kappa shape index (κ3) is 4.75. The van der Waals surface area contributed by atoms with Gasteiger partial charge in [0, 0.05) is 24.5 Å². The summed E-state index contributed by atoms with van der Waals surface area (Å²) < 4.78 is 36.2. The van der Waals surface area contributed by atoms with Gasteiger partial charge in [-0.1, -0.05) is 12.8 Å². The average Bonchev–Trinajstić information content (AvgIpc) is 3.49. The molecule has 162 valence electrons. The van der Waals surface area contributed by atoms with Gasteiger partial charge in [0.05, 0.1) is 18.1 Å². The number of aromatic nitrogens is 2. The molecule has 1 saturated carbocycles. The highest BCUT2D eigenvalue weighted by Crippen LogP contribution is 2.29. The molecule has 3 heterocycles. The van der Waals surface area contributed by atoms with Crippen LogP contribution in [-0.4, -0.2) is 65.2 Å². The van der Waals surface area contributed by atoms with Crippen LogP contribution in [0.1, 0.15) is 48.4 Å². The highest BCUT2D eigenvalue weighted by atomic mass is 32.2. The van der Waals surface area contributed by atoms with Crippen molar-refractivity contribution in [2.24, 2.45) is 0 Å². The van der Waals surface area contributed by atoms with E-state index in [1.807, 2.05) is 0 Å². The van der Waals surface area contributed by atoms with Crippen LogP contribution in [0.4, 0.5) is 0 Å². The fourth-order valence-corrected chi connectivity index (χ4v) is 5.99. The van der Waals surface area contributed by atoms with Crippen molar-refractivity contribution in [1.29, 1.82) is 0 Å². The van der Waals surface area contributed by atoms with Crippen molar-refractivity contribution in [2.75, 3.05) is 18.1 Å². The van der Waals surface area contributed by atoms with Gasteiger partial charge in [0.25, 0.3) is 5.91 Å². The Hall–Kier alpha value is -2.62. The summed E-state index contributed by atoms with van der Waals surface area (Å²) in [6.07, 6.45) is 7.59. The number of rotatable bonds is 7. The van der Waals surface area contributed by atoms with Gasteiger partial charge in [-0.2, -0.15) is 5.10 Å². The summed E-state index contributed by atoms with van der Waals surface area (Å²) in [4.78, 5) is 26.9. The summed E-state index contributed by atoms with van der Waals surface area (Å²) >= 11 is 0. The van der Waals surface area contributed by atoms with E-state index in [4.69, 9.17) is 9.15 Å². The predicted octanol–water partition coefficient (Wildman–Crippen LogP) is 1.64. The lowest BCUT2D eigenvalue weighted by atomic mass is 10.1. The predicted molar refractivity (Wildman–Crippen MR) is 106 cm³/mol. The second kappa shape index (κ2) is 8.63. The maximum atomic E-state index is 12.9. The Bertz CT molecular complexity index is 992. The molecule has 10 heteroatoms. The summed E-state index contributed by atoms with van der Waals surface area (Å²) in [6.45, 7) is -0.0497. The van der Waals surface area contributed by atoms with Crippen LogP contribution in [-0.2, 0) is 25.9 Å². The van der Waals surface area contributed by atoms with Gasteiger partial charge in [-0.15, -0.1) is 0 Å². The number of esters is 1. The summed E-state index contributed by atoms with van der Waals surface area (Å²) in [7, 11) is -3.12. The Balaban J connectivity index is 1.37. The number of carbonyl (C=O) groups is 2. The largest absolute Gasteiger partial charge is 0.452 e. The molecule has 0 aromatic carbocycles. The molecule has 0 bridgehead atoms. The van der Waals surface area contributed by atoms with Crippen molar-refractivity contribution in [2.45, 2.75) is 50.7 Å². The number of ether oxygens (including phenoxy) is 1. The van der Waals surface area contributed by atoms with E-state index in [9.17, 15) is 18.0 Å².